The zero-order chi connectivity index (χ0) is 14.6. The molecule has 3 nitrogen and oxygen atoms in total. The molecule has 108 valence electrons. The van der Waals surface area contributed by atoms with Gasteiger partial charge in [0.15, 0.2) is 0 Å². The summed E-state index contributed by atoms with van der Waals surface area (Å²) in [7, 11) is 0. The lowest BCUT2D eigenvalue weighted by Gasteiger charge is -2.21. The first-order valence-electron chi connectivity index (χ1n) is 6.19. The third kappa shape index (κ3) is 3.76. The van der Waals surface area contributed by atoms with Crippen molar-refractivity contribution in [3.63, 3.8) is 0 Å². The first-order valence-corrected chi connectivity index (χ1v) is 7.72. The molecule has 0 bridgehead atoms. The molecule has 1 atom stereocenters. The Morgan fingerprint density at radius 3 is 2.70 bits per heavy atom. The van der Waals surface area contributed by atoms with Gasteiger partial charge >= 0.3 is 6.11 Å². The molecule has 1 aromatic carbocycles. The van der Waals surface area contributed by atoms with E-state index >= 15 is 0 Å². The molecule has 0 spiro atoms. The van der Waals surface area contributed by atoms with Gasteiger partial charge in [-0.25, -0.2) is 4.68 Å². The molecule has 6 heteroatoms. The number of hydrogen-bond donors (Lipinski definition) is 0. The topological polar surface area (TPSA) is 27.1 Å². The van der Waals surface area contributed by atoms with Crippen molar-refractivity contribution < 1.29 is 13.5 Å². The third-order valence-electron chi connectivity index (χ3n) is 2.89. The molecule has 0 N–H and O–H groups in total. The van der Waals surface area contributed by atoms with Gasteiger partial charge in [0.25, 0.3) is 0 Å². The Balaban J connectivity index is 2.00. The Morgan fingerprint density at radius 1 is 1.35 bits per heavy atom. The summed E-state index contributed by atoms with van der Waals surface area (Å²) in [4.78, 5) is 0. The van der Waals surface area contributed by atoms with Crippen LogP contribution >= 0.6 is 22.6 Å². The molecule has 1 unspecified atom stereocenters. The van der Waals surface area contributed by atoms with Gasteiger partial charge in [-0.1, -0.05) is 47.7 Å². The van der Waals surface area contributed by atoms with Gasteiger partial charge in [0.1, 0.15) is 0 Å². The van der Waals surface area contributed by atoms with Crippen LogP contribution in [0.1, 0.15) is 12.5 Å². The van der Waals surface area contributed by atoms with Crippen molar-refractivity contribution in [2.75, 3.05) is 4.43 Å². The molecule has 0 aliphatic rings. The SMILES string of the molecule is CC(CI)C(F)(F)OCc1cnn(-c2ccccc2)c1. The maximum absolute atomic E-state index is 13.6. The molecule has 1 aromatic heterocycles. The molecule has 0 aliphatic carbocycles. The zero-order valence-corrected chi connectivity index (χ0v) is 13.1. The van der Waals surface area contributed by atoms with Gasteiger partial charge < -0.3 is 4.74 Å². The van der Waals surface area contributed by atoms with E-state index in [2.05, 4.69) is 5.10 Å². The summed E-state index contributed by atoms with van der Waals surface area (Å²) in [6.45, 7) is 1.32. The number of alkyl halides is 3. The highest BCUT2D eigenvalue weighted by Crippen LogP contribution is 2.28. The van der Waals surface area contributed by atoms with E-state index in [-0.39, 0.29) is 6.61 Å². The minimum atomic E-state index is -3.12. The molecule has 0 radical (unpaired) electrons. The van der Waals surface area contributed by atoms with Gasteiger partial charge in [-0.2, -0.15) is 13.9 Å². The number of para-hydroxylation sites is 1. The fourth-order valence-corrected chi connectivity index (χ4v) is 2.08. The van der Waals surface area contributed by atoms with Crippen molar-refractivity contribution in [1.29, 1.82) is 0 Å². The van der Waals surface area contributed by atoms with E-state index in [9.17, 15) is 8.78 Å². The lowest BCUT2D eigenvalue weighted by Crippen LogP contribution is -2.30. The molecule has 0 saturated heterocycles. The first-order chi connectivity index (χ1) is 9.53. The molecule has 20 heavy (non-hydrogen) atoms. The molecule has 0 aliphatic heterocycles. The molecular weight excluding hydrogens is 377 g/mol. The second-order valence-corrected chi connectivity index (χ2v) is 5.42. The van der Waals surface area contributed by atoms with E-state index in [1.807, 2.05) is 52.9 Å². The number of ether oxygens (including phenoxy) is 1. The van der Waals surface area contributed by atoms with Crippen molar-refractivity contribution in [3.05, 3.63) is 48.3 Å². The zero-order valence-electron chi connectivity index (χ0n) is 11.0. The van der Waals surface area contributed by atoms with E-state index in [1.54, 1.807) is 10.9 Å². The summed E-state index contributed by atoms with van der Waals surface area (Å²) in [5.41, 5.74) is 1.50. The number of rotatable bonds is 6. The molecular formula is C14H15F2IN2O. The number of aromatic nitrogens is 2. The Bertz CT molecular complexity index is 545. The summed E-state index contributed by atoms with van der Waals surface area (Å²) >= 11 is 1.93. The maximum Gasteiger partial charge on any atom is 0.359 e. The van der Waals surface area contributed by atoms with Crippen LogP contribution < -0.4 is 0 Å². The van der Waals surface area contributed by atoms with E-state index in [1.165, 1.54) is 13.1 Å². The predicted molar refractivity (Wildman–Crippen MR) is 81.4 cm³/mol. The Hall–Kier alpha value is -1.02. The maximum atomic E-state index is 13.6. The molecule has 2 rings (SSSR count). The number of benzene rings is 1. The third-order valence-corrected chi connectivity index (χ3v) is 4.21. The summed E-state index contributed by atoms with van der Waals surface area (Å²) in [5, 5.41) is 4.14. The summed E-state index contributed by atoms with van der Waals surface area (Å²) in [5.74, 6) is -0.813. The molecule has 0 amide bonds. The van der Waals surface area contributed by atoms with Crippen molar-refractivity contribution in [2.45, 2.75) is 19.6 Å². The summed E-state index contributed by atoms with van der Waals surface area (Å²) < 4.78 is 33.9. The number of nitrogens with zero attached hydrogens (tertiary/aromatic N) is 2. The quantitative estimate of drug-likeness (QED) is 0.548. The lowest BCUT2D eigenvalue weighted by molar-refractivity contribution is -0.269. The molecule has 0 saturated carbocycles. The second-order valence-electron chi connectivity index (χ2n) is 4.53. The van der Waals surface area contributed by atoms with Gasteiger partial charge in [0.2, 0.25) is 0 Å². The standard InChI is InChI=1S/C14H15F2IN2O/c1-11(7-17)14(15,16)20-10-12-8-18-19(9-12)13-5-3-2-4-6-13/h2-6,8-9,11H,7,10H2,1H3. The van der Waals surface area contributed by atoms with Gasteiger partial charge in [-0.05, 0) is 12.1 Å². The van der Waals surface area contributed by atoms with Crippen LogP contribution in [0.4, 0.5) is 8.78 Å². The van der Waals surface area contributed by atoms with Crippen LogP contribution in [0.25, 0.3) is 5.69 Å². The van der Waals surface area contributed by atoms with E-state index in [0.717, 1.165) is 5.69 Å². The summed E-state index contributed by atoms with van der Waals surface area (Å²) in [6.07, 6.45) is 0.119. The van der Waals surface area contributed by atoms with Crippen LogP contribution in [0.5, 0.6) is 0 Å². The van der Waals surface area contributed by atoms with Crippen LogP contribution in [0.15, 0.2) is 42.7 Å². The normalized spacial score (nSPS) is 13.4. The second kappa shape index (κ2) is 6.62. The van der Waals surface area contributed by atoms with Crippen molar-refractivity contribution >= 4 is 22.6 Å². The van der Waals surface area contributed by atoms with Gasteiger partial charge in [0.05, 0.1) is 24.4 Å². The number of hydrogen-bond acceptors (Lipinski definition) is 2. The van der Waals surface area contributed by atoms with Crippen molar-refractivity contribution in [3.8, 4) is 5.69 Å². The highest BCUT2D eigenvalue weighted by molar-refractivity contribution is 14.1. The Morgan fingerprint density at radius 2 is 2.05 bits per heavy atom. The first kappa shape index (κ1) is 15.4. The van der Waals surface area contributed by atoms with Crippen LogP contribution in [-0.4, -0.2) is 20.3 Å². The van der Waals surface area contributed by atoms with Crippen molar-refractivity contribution in [2.24, 2.45) is 5.92 Å². The largest absolute Gasteiger partial charge is 0.359 e. The van der Waals surface area contributed by atoms with Gasteiger partial charge in [0, 0.05) is 16.2 Å². The minimum absolute atomic E-state index is 0.152. The van der Waals surface area contributed by atoms with E-state index in [0.29, 0.717) is 9.99 Å². The van der Waals surface area contributed by atoms with E-state index < -0.39 is 12.0 Å². The van der Waals surface area contributed by atoms with Gasteiger partial charge in [-0.3, -0.25) is 0 Å². The number of halogens is 3. The fraction of sp³-hybridized carbons (Fsp3) is 0.357. The van der Waals surface area contributed by atoms with Crippen LogP contribution in [0, 0.1) is 5.92 Å². The van der Waals surface area contributed by atoms with E-state index in [4.69, 9.17) is 4.74 Å². The van der Waals surface area contributed by atoms with Crippen LogP contribution in [0.2, 0.25) is 0 Å². The van der Waals surface area contributed by atoms with Crippen LogP contribution in [0.3, 0.4) is 0 Å². The van der Waals surface area contributed by atoms with Crippen LogP contribution in [-0.2, 0) is 11.3 Å². The Labute approximate surface area is 130 Å². The highest BCUT2D eigenvalue weighted by atomic mass is 127. The van der Waals surface area contributed by atoms with Gasteiger partial charge in [-0.15, -0.1) is 0 Å². The predicted octanol–water partition coefficient (Wildman–Crippen LogP) is 4.05. The van der Waals surface area contributed by atoms with Crippen molar-refractivity contribution in [1.82, 2.24) is 9.78 Å². The fourth-order valence-electron chi connectivity index (χ4n) is 1.57. The lowest BCUT2D eigenvalue weighted by atomic mass is 10.2. The smallest absolute Gasteiger partial charge is 0.315 e. The molecule has 1 heterocycles. The average Bonchev–Trinajstić information content (AvgIpc) is 2.94. The molecule has 0 fully saturated rings. The Kier molecular flexibility index (Phi) is 5.09. The average molecular weight is 392 g/mol. The molecule has 2 aromatic rings. The highest BCUT2D eigenvalue weighted by Gasteiger charge is 2.36. The summed E-state index contributed by atoms with van der Waals surface area (Å²) in [6, 6.07) is 9.48. The monoisotopic (exact) mass is 392 g/mol. The minimum Gasteiger partial charge on any atom is -0.315 e.